The summed E-state index contributed by atoms with van der Waals surface area (Å²) in [6.45, 7) is 1.02. The van der Waals surface area contributed by atoms with Crippen LogP contribution < -0.4 is 0 Å². The van der Waals surface area contributed by atoms with Gasteiger partial charge in [0.15, 0.2) is 0 Å². The number of halogens is 1. The molecule has 0 saturated heterocycles. The quantitative estimate of drug-likeness (QED) is 0.492. The summed E-state index contributed by atoms with van der Waals surface area (Å²) in [4.78, 5) is 0. The number of aromatic nitrogens is 2. The number of hydrogen-bond acceptors (Lipinski definition) is 1. The second kappa shape index (κ2) is 5.19. The van der Waals surface area contributed by atoms with Crippen molar-refractivity contribution in [1.82, 2.24) is 9.78 Å². The SMILES string of the molecule is ClCCCCCn1cccn1. The third kappa shape index (κ3) is 3.42. The number of aryl methyl sites for hydroxylation is 1. The Bertz CT molecular complexity index is 172. The Balaban J connectivity index is 2.04. The van der Waals surface area contributed by atoms with E-state index in [1.165, 1.54) is 12.8 Å². The third-order valence-corrected chi connectivity index (χ3v) is 1.85. The molecule has 0 radical (unpaired) electrons. The van der Waals surface area contributed by atoms with Crippen molar-refractivity contribution in [3.8, 4) is 0 Å². The lowest BCUT2D eigenvalue weighted by molar-refractivity contribution is 0.554. The molecule has 0 unspecified atom stereocenters. The van der Waals surface area contributed by atoms with Crippen LogP contribution in [0.25, 0.3) is 0 Å². The van der Waals surface area contributed by atoms with E-state index in [0.29, 0.717) is 0 Å². The molecule has 0 aliphatic carbocycles. The predicted octanol–water partition coefficient (Wildman–Crippen LogP) is 2.29. The van der Waals surface area contributed by atoms with E-state index in [4.69, 9.17) is 11.6 Å². The Labute approximate surface area is 72.2 Å². The highest BCUT2D eigenvalue weighted by Gasteiger charge is 1.89. The van der Waals surface area contributed by atoms with E-state index in [0.717, 1.165) is 18.8 Å². The van der Waals surface area contributed by atoms with Gasteiger partial charge in [0, 0.05) is 24.8 Å². The minimum atomic E-state index is 0.777. The number of hydrogen-bond donors (Lipinski definition) is 0. The average Bonchev–Trinajstić information content (AvgIpc) is 2.50. The fraction of sp³-hybridized carbons (Fsp3) is 0.625. The number of unbranched alkanes of at least 4 members (excludes halogenated alkanes) is 2. The van der Waals surface area contributed by atoms with E-state index in [9.17, 15) is 0 Å². The minimum Gasteiger partial charge on any atom is -0.273 e. The molecule has 0 aromatic carbocycles. The van der Waals surface area contributed by atoms with Crippen molar-refractivity contribution in [2.24, 2.45) is 0 Å². The highest BCUT2D eigenvalue weighted by atomic mass is 35.5. The first-order chi connectivity index (χ1) is 5.43. The van der Waals surface area contributed by atoms with Gasteiger partial charge < -0.3 is 0 Å². The van der Waals surface area contributed by atoms with Gasteiger partial charge in [-0.25, -0.2) is 0 Å². The van der Waals surface area contributed by atoms with Gasteiger partial charge in [-0.05, 0) is 18.9 Å². The molecule has 0 atom stereocenters. The molecule has 3 heteroatoms. The molecule has 0 saturated carbocycles. The maximum Gasteiger partial charge on any atom is 0.0489 e. The molecule has 0 spiro atoms. The lowest BCUT2D eigenvalue weighted by atomic mass is 10.2. The van der Waals surface area contributed by atoms with E-state index in [1.54, 1.807) is 0 Å². The van der Waals surface area contributed by atoms with Crippen molar-refractivity contribution >= 4 is 11.6 Å². The van der Waals surface area contributed by atoms with Crippen LogP contribution in [0.3, 0.4) is 0 Å². The topological polar surface area (TPSA) is 17.8 Å². The molecule has 1 rings (SSSR count). The van der Waals surface area contributed by atoms with E-state index in [-0.39, 0.29) is 0 Å². The highest BCUT2D eigenvalue weighted by molar-refractivity contribution is 6.17. The lowest BCUT2D eigenvalue weighted by Gasteiger charge is -1.98. The van der Waals surface area contributed by atoms with Crippen molar-refractivity contribution in [2.75, 3.05) is 5.88 Å². The second-order valence-corrected chi connectivity index (χ2v) is 2.90. The maximum absolute atomic E-state index is 5.54. The Morgan fingerprint density at radius 1 is 1.27 bits per heavy atom. The van der Waals surface area contributed by atoms with Crippen LogP contribution in [0.2, 0.25) is 0 Å². The molecule has 2 nitrogen and oxygen atoms in total. The van der Waals surface area contributed by atoms with Crippen LogP contribution in [-0.2, 0) is 6.54 Å². The zero-order valence-corrected chi connectivity index (χ0v) is 7.30. The summed E-state index contributed by atoms with van der Waals surface area (Å²) < 4.78 is 1.95. The first kappa shape index (κ1) is 8.60. The van der Waals surface area contributed by atoms with Gasteiger partial charge in [0.1, 0.15) is 0 Å². The second-order valence-electron chi connectivity index (χ2n) is 2.52. The summed E-state index contributed by atoms with van der Waals surface area (Å²) in [5.41, 5.74) is 0. The van der Waals surface area contributed by atoms with Gasteiger partial charge in [-0.2, -0.15) is 5.10 Å². The fourth-order valence-electron chi connectivity index (χ4n) is 0.978. The Morgan fingerprint density at radius 2 is 2.18 bits per heavy atom. The monoisotopic (exact) mass is 172 g/mol. The zero-order valence-electron chi connectivity index (χ0n) is 6.54. The Hall–Kier alpha value is -0.500. The summed E-state index contributed by atoms with van der Waals surface area (Å²) in [6.07, 6.45) is 7.28. The van der Waals surface area contributed by atoms with Crippen LogP contribution >= 0.6 is 11.6 Å². The van der Waals surface area contributed by atoms with Crippen LogP contribution in [0.1, 0.15) is 19.3 Å². The van der Waals surface area contributed by atoms with Crippen molar-refractivity contribution in [2.45, 2.75) is 25.8 Å². The standard InChI is InChI=1S/C8H13ClN2/c9-5-2-1-3-7-11-8-4-6-10-11/h4,6,8H,1-3,5,7H2. The van der Waals surface area contributed by atoms with Crippen molar-refractivity contribution in [1.29, 1.82) is 0 Å². The number of rotatable bonds is 5. The maximum atomic E-state index is 5.54. The molecular weight excluding hydrogens is 160 g/mol. The van der Waals surface area contributed by atoms with E-state index >= 15 is 0 Å². The lowest BCUT2D eigenvalue weighted by Crippen LogP contribution is -1.97. The largest absolute Gasteiger partial charge is 0.273 e. The molecule has 11 heavy (non-hydrogen) atoms. The van der Waals surface area contributed by atoms with Gasteiger partial charge in [-0.3, -0.25) is 4.68 Å². The minimum absolute atomic E-state index is 0.777. The predicted molar refractivity (Wildman–Crippen MR) is 46.8 cm³/mol. The van der Waals surface area contributed by atoms with Crippen LogP contribution in [0.5, 0.6) is 0 Å². The summed E-state index contributed by atoms with van der Waals surface area (Å²) in [5, 5.41) is 4.10. The van der Waals surface area contributed by atoms with E-state index in [2.05, 4.69) is 5.10 Å². The molecule has 0 fully saturated rings. The third-order valence-electron chi connectivity index (χ3n) is 1.58. The summed E-state index contributed by atoms with van der Waals surface area (Å²) in [5.74, 6) is 0.777. The van der Waals surface area contributed by atoms with Gasteiger partial charge in [-0.15, -0.1) is 11.6 Å². The summed E-state index contributed by atoms with van der Waals surface area (Å²) in [6, 6.07) is 1.95. The van der Waals surface area contributed by atoms with E-state index in [1.807, 2.05) is 23.1 Å². The Morgan fingerprint density at radius 3 is 2.82 bits per heavy atom. The van der Waals surface area contributed by atoms with Gasteiger partial charge in [-0.1, -0.05) is 6.42 Å². The van der Waals surface area contributed by atoms with Crippen LogP contribution in [0, 0.1) is 0 Å². The average molecular weight is 173 g/mol. The summed E-state index contributed by atoms with van der Waals surface area (Å²) >= 11 is 5.54. The smallest absolute Gasteiger partial charge is 0.0489 e. The van der Waals surface area contributed by atoms with Crippen molar-refractivity contribution < 1.29 is 0 Å². The van der Waals surface area contributed by atoms with Gasteiger partial charge in [0.2, 0.25) is 0 Å². The van der Waals surface area contributed by atoms with Gasteiger partial charge >= 0.3 is 0 Å². The molecular formula is C8H13ClN2. The molecule has 0 amide bonds. The van der Waals surface area contributed by atoms with Gasteiger partial charge in [0.05, 0.1) is 0 Å². The molecule has 0 aliphatic heterocycles. The molecule has 1 heterocycles. The molecule has 0 bridgehead atoms. The zero-order chi connectivity index (χ0) is 7.94. The molecule has 0 aliphatic rings. The van der Waals surface area contributed by atoms with Crippen LogP contribution in [-0.4, -0.2) is 15.7 Å². The fourth-order valence-corrected chi connectivity index (χ4v) is 1.17. The summed E-state index contributed by atoms with van der Waals surface area (Å²) in [7, 11) is 0. The van der Waals surface area contributed by atoms with Gasteiger partial charge in [0.25, 0.3) is 0 Å². The van der Waals surface area contributed by atoms with Crippen molar-refractivity contribution in [3.05, 3.63) is 18.5 Å². The number of alkyl halides is 1. The molecule has 1 aromatic heterocycles. The van der Waals surface area contributed by atoms with E-state index < -0.39 is 0 Å². The Kier molecular flexibility index (Phi) is 4.06. The molecule has 1 aromatic rings. The highest BCUT2D eigenvalue weighted by Crippen LogP contribution is 1.99. The normalized spacial score (nSPS) is 10.3. The molecule has 62 valence electrons. The van der Waals surface area contributed by atoms with Crippen molar-refractivity contribution in [3.63, 3.8) is 0 Å². The van der Waals surface area contributed by atoms with Crippen LogP contribution in [0.4, 0.5) is 0 Å². The number of nitrogens with zero attached hydrogens (tertiary/aromatic N) is 2. The first-order valence-corrected chi connectivity index (χ1v) is 4.50. The molecule has 0 N–H and O–H groups in total. The van der Waals surface area contributed by atoms with Crippen LogP contribution in [0.15, 0.2) is 18.5 Å². The first-order valence-electron chi connectivity index (χ1n) is 3.97.